The number of rotatable bonds is 1. The van der Waals surface area contributed by atoms with Crippen LogP contribution in [0.2, 0.25) is 0 Å². The van der Waals surface area contributed by atoms with Gasteiger partial charge in [0.1, 0.15) is 5.92 Å². The second-order valence-corrected chi connectivity index (χ2v) is 3.69. The summed E-state index contributed by atoms with van der Waals surface area (Å²) in [5.41, 5.74) is 0.850. The first-order valence-corrected chi connectivity index (χ1v) is 4.79. The number of halogens is 1. The summed E-state index contributed by atoms with van der Waals surface area (Å²) >= 11 is 3.33. The van der Waals surface area contributed by atoms with Crippen LogP contribution in [0.5, 0.6) is 0 Å². The number of hydrogen-bond acceptors (Lipinski definition) is 4. The van der Waals surface area contributed by atoms with Gasteiger partial charge in [-0.25, -0.2) is 9.98 Å². The van der Waals surface area contributed by atoms with Crippen molar-refractivity contribution in [2.75, 3.05) is 7.11 Å². The third-order valence-electron chi connectivity index (χ3n) is 1.98. The molecule has 0 aromatic rings. The molecule has 0 radical (unpaired) electrons. The fourth-order valence-corrected chi connectivity index (χ4v) is 1.67. The molecule has 4 nitrogen and oxygen atoms in total. The van der Waals surface area contributed by atoms with Crippen molar-refractivity contribution in [3.8, 4) is 0 Å². The van der Waals surface area contributed by atoms with E-state index in [0.29, 0.717) is 5.84 Å². The second-order valence-electron chi connectivity index (χ2n) is 2.84. The predicted molar refractivity (Wildman–Crippen MR) is 56.5 cm³/mol. The predicted octanol–water partition coefficient (Wildman–Crippen LogP) is 1.43. The van der Waals surface area contributed by atoms with Crippen molar-refractivity contribution in [3.05, 3.63) is 22.3 Å². The molecule has 14 heavy (non-hydrogen) atoms. The Labute approximate surface area is 89.2 Å². The van der Waals surface area contributed by atoms with Gasteiger partial charge in [-0.05, 0) is 15.9 Å². The maximum absolute atomic E-state index is 11.2. The number of ether oxygens (including phenoxy) is 1. The summed E-state index contributed by atoms with van der Waals surface area (Å²) in [7, 11) is 1.36. The average Bonchev–Trinajstić information content (AvgIpc) is 2.59. The second kappa shape index (κ2) is 3.49. The summed E-state index contributed by atoms with van der Waals surface area (Å²) in [6, 6.07) is 0. The molecule has 72 valence electrons. The molecule has 0 amide bonds. The van der Waals surface area contributed by atoms with Gasteiger partial charge >= 0.3 is 5.97 Å². The molecule has 0 unspecified atom stereocenters. The van der Waals surface area contributed by atoms with Crippen molar-refractivity contribution in [2.45, 2.75) is 0 Å². The molecular formula is C9H7BrN2O2. The van der Waals surface area contributed by atoms with E-state index in [1.54, 1.807) is 12.3 Å². The van der Waals surface area contributed by atoms with Gasteiger partial charge in [-0.2, -0.15) is 0 Å². The normalized spacial score (nSPS) is 23.6. The minimum absolute atomic E-state index is 0.312. The highest BCUT2D eigenvalue weighted by Crippen LogP contribution is 2.28. The first-order chi connectivity index (χ1) is 6.72. The molecule has 0 saturated carbocycles. The molecule has 0 N–H and O–H groups in total. The lowest BCUT2D eigenvalue weighted by Gasteiger charge is -2.11. The van der Waals surface area contributed by atoms with Crippen molar-refractivity contribution in [3.63, 3.8) is 0 Å². The van der Waals surface area contributed by atoms with Crippen LogP contribution in [-0.2, 0) is 9.53 Å². The highest BCUT2D eigenvalue weighted by atomic mass is 79.9. The fourth-order valence-electron chi connectivity index (χ4n) is 1.26. The number of hydrogen-bond donors (Lipinski definition) is 0. The minimum atomic E-state index is -0.409. The molecule has 0 spiro atoms. The maximum atomic E-state index is 11.2. The van der Waals surface area contributed by atoms with E-state index in [1.807, 2.05) is 0 Å². The third-order valence-corrected chi connectivity index (χ3v) is 2.61. The minimum Gasteiger partial charge on any atom is -0.468 e. The monoisotopic (exact) mass is 254 g/mol. The molecule has 0 aliphatic carbocycles. The lowest BCUT2D eigenvalue weighted by atomic mass is 10.0. The summed E-state index contributed by atoms with van der Waals surface area (Å²) in [4.78, 5) is 19.3. The Balaban J connectivity index is 2.29. The van der Waals surface area contributed by atoms with Crippen LogP contribution in [0.4, 0.5) is 0 Å². The maximum Gasteiger partial charge on any atom is 0.318 e. The highest BCUT2D eigenvalue weighted by Gasteiger charge is 2.24. The average molecular weight is 255 g/mol. The van der Waals surface area contributed by atoms with E-state index in [-0.39, 0.29) is 5.97 Å². The van der Waals surface area contributed by atoms with Gasteiger partial charge in [0.2, 0.25) is 0 Å². The Morgan fingerprint density at radius 1 is 1.64 bits per heavy atom. The van der Waals surface area contributed by atoms with E-state index in [1.165, 1.54) is 13.3 Å². The summed E-state index contributed by atoms with van der Waals surface area (Å²) in [6.07, 6.45) is 4.98. The lowest BCUT2D eigenvalue weighted by Crippen LogP contribution is -2.20. The van der Waals surface area contributed by atoms with Crippen LogP contribution in [0.3, 0.4) is 0 Å². The number of carbonyl (C=O) groups excluding carboxylic acids is 1. The largest absolute Gasteiger partial charge is 0.468 e. The first kappa shape index (κ1) is 9.33. The Morgan fingerprint density at radius 3 is 3.14 bits per heavy atom. The number of methoxy groups -OCH3 is 1. The smallest absolute Gasteiger partial charge is 0.318 e. The van der Waals surface area contributed by atoms with E-state index in [2.05, 4.69) is 30.7 Å². The van der Waals surface area contributed by atoms with Gasteiger partial charge in [-0.1, -0.05) is 6.08 Å². The number of fused-ring (bicyclic) bond motifs is 1. The Morgan fingerprint density at radius 2 is 2.43 bits per heavy atom. The summed E-state index contributed by atoms with van der Waals surface area (Å²) < 4.78 is 5.47. The molecule has 2 rings (SSSR count). The standard InChI is InChI=1S/C9H7BrN2O2/c1-14-9(13)5-2-6-7(10)4-12-8(6)11-3-5/h2-5H,1H3/t5-/m1/s1. The number of carbonyl (C=O) groups is 1. The molecule has 2 aliphatic rings. The van der Waals surface area contributed by atoms with E-state index in [0.717, 1.165) is 10.1 Å². The van der Waals surface area contributed by atoms with Crippen LogP contribution in [0.25, 0.3) is 0 Å². The van der Waals surface area contributed by atoms with Crippen molar-refractivity contribution >= 4 is 33.9 Å². The topological polar surface area (TPSA) is 51.0 Å². The lowest BCUT2D eigenvalue weighted by molar-refractivity contribution is -0.141. The Bertz CT molecular complexity index is 407. The van der Waals surface area contributed by atoms with Gasteiger partial charge in [0.25, 0.3) is 0 Å². The molecule has 2 heterocycles. The Kier molecular flexibility index (Phi) is 2.33. The van der Waals surface area contributed by atoms with E-state index in [9.17, 15) is 4.79 Å². The van der Waals surface area contributed by atoms with Crippen LogP contribution in [-0.4, -0.2) is 25.1 Å². The molecule has 2 aliphatic heterocycles. The summed E-state index contributed by atoms with van der Waals surface area (Å²) in [5, 5.41) is 0. The zero-order valence-electron chi connectivity index (χ0n) is 7.40. The van der Waals surface area contributed by atoms with Gasteiger partial charge in [-0.3, -0.25) is 4.79 Å². The van der Waals surface area contributed by atoms with E-state index < -0.39 is 5.92 Å². The Hall–Kier alpha value is -1.23. The highest BCUT2D eigenvalue weighted by molar-refractivity contribution is 9.12. The van der Waals surface area contributed by atoms with Crippen molar-refractivity contribution in [1.29, 1.82) is 0 Å². The van der Waals surface area contributed by atoms with Gasteiger partial charge < -0.3 is 4.74 Å². The summed E-state index contributed by atoms with van der Waals surface area (Å²) in [5.74, 6) is -0.0856. The molecule has 0 fully saturated rings. The SMILES string of the molecule is COC(=O)[C@H]1C=NC2=NC=C(Br)C2=C1. The van der Waals surface area contributed by atoms with Crippen LogP contribution in [0.1, 0.15) is 0 Å². The van der Waals surface area contributed by atoms with Gasteiger partial charge in [-0.15, -0.1) is 0 Å². The number of amidine groups is 1. The molecule has 0 aromatic heterocycles. The molecular weight excluding hydrogens is 248 g/mol. The number of esters is 1. The van der Waals surface area contributed by atoms with Gasteiger partial charge in [0.15, 0.2) is 5.84 Å². The fraction of sp³-hybridized carbons (Fsp3) is 0.222. The van der Waals surface area contributed by atoms with Crippen molar-refractivity contribution < 1.29 is 9.53 Å². The van der Waals surface area contributed by atoms with Gasteiger partial charge in [0, 0.05) is 22.5 Å². The zero-order chi connectivity index (χ0) is 10.1. The number of dihydropyridines is 1. The van der Waals surface area contributed by atoms with Crippen LogP contribution >= 0.6 is 15.9 Å². The molecule has 0 aromatic carbocycles. The molecule has 1 atom stereocenters. The van der Waals surface area contributed by atoms with Crippen LogP contribution in [0, 0.1) is 5.92 Å². The van der Waals surface area contributed by atoms with E-state index in [4.69, 9.17) is 0 Å². The first-order valence-electron chi connectivity index (χ1n) is 4.00. The van der Waals surface area contributed by atoms with Crippen LogP contribution < -0.4 is 0 Å². The van der Waals surface area contributed by atoms with Crippen molar-refractivity contribution in [2.24, 2.45) is 15.9 Å². The van der Waals surface area contributed by atoms with Gasteiger partial charge in [0.05, 0.1) is 7.11 Å². The molecule has 5 heteroatoms. The quantitative estimate of drug-likeness (QED) is 0.665. The third kappa shape index (κ3) is 1.43. The van der Waals surface area contributed by atoms with Crippen molar-refractivity contribution in [1.82, 2.24) is 0 Å². The van der Waals surface area contributed by atoms with E-state index >= 15 is 0 Å². The number of nitrogens with zero attached hydrogens (tertiary/aromatic N) is 2. The zero-order valence-corrected chi connectivity index (χ0v) is 8.98. The molecule has 0 saturated heterocycles. The molecule has 0 bridgehead atoms. The number of aliphatic imine (C=N–C) groups is 2. The van der Waals surface area contributed by atoms with Crippen LogP contribution in [0.15, 0.2) is 32.3 Å². The summed E-state index contributed by atoms with van der Waals surface area (Å²) in [6.45, 7) is 0.